The Morgan fingerprint density at radius 3 is 2.59 bits per heavy atom. The number of hydrogen-bond donors (Lipinski definition) is 1. The zero-order chi connectivity index (χ0) is 15.6. The van der Waals surface area contributed by atoms with Gasteiger partial charge in [-0.3, -0.25) is 4.79 Å². The Bertz CT molecular complexity index is 516. The minimum absolute atomic E-state index is 0. The van der Waals surface area contributed by atoms with Crippen molar-refractivity contribution < 1.29 is 4.79 Å². The van der Waals surface area contributed by atoms with E-state index in [0.717, 1.165) is 19.4 Å². The van der Waals surface area contributed by atoms with Gasteiger partial charge in [0.15, 0.2) is 0 Å². The maximum atomic E-state index is 12.8. The first kappa shape index (κ1) is 19.0. The molecule has 3 atom stereocenters. The van der Waals surface area contributed by atoms with E-state index in [0.29, 0.717) is 0 Å². The Labute approximate surface area is 140 Å². The van der Waals surface area contributed by atoms with Crippen molar-refractivity contribution >= 4 is 18.3 Å². The van der Waals surface area contributed by atoms with Gasteiger partial charge in [0.1, 0.15) is 0 Å². The first-order valence-corrected chi connectivity index (χ1v) is 8.05. The van der Waals surface area contributed by atoms with Crippen LogP contribution in [0.25, 0.3) is 0 Å². The SMILES string of the molecule is Cc1cccc(C2CCCCN2C(=O)C(C)C(C)N)c1C.Cl. The fourth-order valence-corrected chi connectivity index (χ4v) is 3.14. The van der Waals surface area contributed by atoms with Gasteiger partial charge in [0.05, 0.1) is 12.0 Å². The Morgan fingerprint density at radius 1 is 1.27 bits per heavy atom. The number of amides is 1. The summed E-state index contributed by atoms with van der Waals surface area (Å²) in [7, 11) is 0. The molecular weight excluding hydrogens is 296 g/mol. The van der Waals surface area contributed by atoms with Crippen molar-refractivity contribution in [3.05, 3.63) is 34.9 Å². The van der Waals surface area contributed by atoms with Crippen LogP contribution in [0.15, 0.2) is 18.2 Å². The lowest BCUT2D eigenvalue weighted by atomic mass is 9.89. The second kappa shape index (κ2) is 7.98. The summed E-state index contributed by atoms with van der Waals surface area (Å²) in [5.74, 6) is 0.0892. The lowest BCUT2D eigenvalue weighted by Gasteiger charge is -2.39. The molecule has 4 heteroatoms. The summed E-state index contributed by atoms with van der Waals surface area (Å²) in [6.07, 6.45) is 3.34. The number of likely N-dealkylation sites (tertiary alicyclic amines) is 1. The Hall–Kier alpha value is -1.06. The normalized spacial score (nSPS) is 21.0. The van der Waals surface area contributed by atoms with Gasteiger partial charge in [-0.2, -0.15) is 0 Å². The third kappa shape index (κ3) is 3.82. The summed E-state index contributed by atoms with van der Waals surface area (Å²) in [6, 6.07) is 6.53. The molecule has 0 aliphatic carbocycles. The summed E-state index contributed by atoms with van der Waals surface area (Å²) >= 11 is 0. The highest BCUT2D eigenvalue weighted by atomic mass is 35.5. The molecule has 0 saturated carbocycles. The second-order valence-corrected chi connectivity index (χ2v) is 6.48. The fourth-order valence-electron chi connectivity index (χ4n) is 3.14. The predicted octanol–water partition coefficient (Wildman–Crippen LogP) is 3.76. The lowest BCUT2D eigenvalue weighted by Crippen LogP contribution is -2.45. The van der Waals surface area contributed by atoms with Crippen LogP contribution in [-0.2, 0) is 4.79 Å². The number of carbonyl (C=O) groups is 1. The predicted molar refractivity (Wildman–Crippen MR) is 94.3 cm³/mol. The van der Waals surface area contributed by atoms with Gasteiger partial charge >= 0.3 is 0 Å². The van der Waals surface area contributed by atoms with Crippen LogP contribution in [0, 0.1) is 19.8 Å². The molecule has 2 N–H and O–H groups in total. The largest absolute Gasteiger partial charge is 0.335 e. The minimum Gasteiger partial charge on any atom is -0.335 e. The molecule has 3 nitrogen and oxygen atoms in total. The van der Waals surface area contributed by atoms with Crippen molar-refractivity contribution in [2.75, 3.05) is 6.54 Å². The van der Waals surface area contributed by atoms with Crippen LogP contribution in [0.4, 0.5) is 0 Å². The summed E-state index contributed by atoms with van der Waals surface area (Å²) in [4.78, 5) is 14.8. The number of nitrogens with zero attached hydrogens (tertiary/aromatic N) is 1. The van der Waals surface area contributed by atoms with E-state index in [9.17, 15) is 4.79 Å². The average Bonchev–Trinajstić information content (AvgIpc) is 2.48. The Kier molecular flexibility index (Phi) is 6.89. The van der Waals surface area contributed by atoms with E-state index in [4.69, 9.17) is 5.73 Å². The molecule has 0 bridgehead atoms. The van der Waals surface area contributed by atoms with Crippen molar-refractivity contribution in [1.29, 1.82) is 0 Å². The Morgan fingerprint density at radius 2 is 1.95 bits per heavy atom. The van der Waals surface area contributed by atoms with E-state index < -0.39 is 0 Å². The molecule has 1 aliphatic rings. The molecule has 2 rings (SSSR count). The molecule has 1 amide bonds. The van der Waals surface area contributed by atoms with Crippen LogP contribution in [-0.4, -0.2) is 23.4 Å². The number of nitrogens with two attached hydrogens (primary N) is 1. The zero-order valence-electron chi connectivity index (χ0n) is 14.1. The van der Waals surface area contributed by atoms with Crippen LogP contribution in [0.1, 0.15) is 55.8 Å². The topological polar surface area (TPSA) is 46.3 Å². The quantitative estimate of drug-likeness (QED) is 0.920. The average molecular weight is 325 g/mol. The molecule has 3 unspecified atom stereocenters. The number of rotatable bonds is 3. The van der Waals surface area contributed by atoms with Gasteiger partial charge < -0.3 is 10.6 Å². The van der Waals surface area contributed by atoms with Crippen LogP contribution in [0.2, 0.25) is 0 Å². The maximum Gasteiger partial charge on any atom is 0.227 e. The molecule has 1 saturated heterocycles. The molecule has 0 radical (unpaired) electrons. The number of benzene rings is 1. The maximum absolute atomic E-state index is 12.8. The van der Waals surface area contributed by atoms with Crippen LogP contribution in [0.3, 0.4) is 0 Å². The third-order valence-electron chi connectivity index (χ3n) is 4.97. The van der Waals surface area contributed by atoms with E-state index in [2.05, 4.69) is 36.9 Å². The standard InChI is InChI=1S/C18H28N2O.ClH/c1-12-8-7-9-16(13(12)2)17-10-5-6-11-20(17)18(21)14(3)15(4)19;/h7-9,14-15,17H,5-6,10-11,19H2,1-4H3;1H. The summed E-state index contributed by atoms with van der Waals surface area (Å²) < 4.78 is 0. The van der Waals surface area contributed by atoms with E-state index in [1.165, 1.54) is 23.1 Å². The summed E-state index contributed by atoms with van der Waals surface area (Å²) in [5.41, 5.74) is 9.85. The highest BCUT2D eigenvalue weighted by Gasteiger charge is 2.32. The first-order chi connectivity index (χ1) is 9.93. The van der Waals surface area contributed by atoms with Crippen molar-refractivity contribution in [3.63, 3.8) is 0 Å². The molecule has 1 aromatic carbocycles. The van der Waals surface area contributed by atoms with Crippen molar-refractivity contribution in [1.82, 2.24) is 4.90 Å². The van der Waals surface area contributed by atoms with E-state index in [1.54, 1.807) is 0 Å². The molecule has 0 aromatic heterocycles. The third-order valence-corrected chi connectivity index (χ3v) is 4.97. The number of halogens is 1. The second-order valence-electron chi connectivity index (χ2n) is 6.48. The molecular formula is C18H29ClN2O. The van der Waals surface area contributed by atoms with Gasteiger partial charge in [-0.1, -0.05) is 25.1 Å². The molecule has 1 fully saturated rings. The minimum atomic E-state index is -0.115. The Balaban J connectivity index is 0.00000242. The number of piperidine rings is 1. The van der Waals surface area contributed by atoms with E-state index in [1.807, 2.05) is 13.8 Å². The molecule has 1 heterocycles. The smallest absolute Gasteiger partial charge is 0.227 e. The molecule has 1 aromatic rings. The van der Waals surface area contributed by atoms with E-state index >= 15 is 0 Å². The summed E-state index contributed by atoms with van der Waals surface area (Å²) in [5, 5.41) is 0. The first-order valence-electron chi connectivity index (χ1n) is 8.05. The monoisotopic (exact) mass is 324 g/mol. The van der Waals surface area contributed by atoms with Gasteiger partial charge in [0, 0.05) is 12.6 Å². The van der Waals surface area contributed by atoms with Crippen LogP contribution < -0.4 is 5.73 Å². The van der Waals surface area contributed by atoms with E-state index in [-0.39, 0.29) is 36.3 Å². The van der Waals surface area contributed by atoms with Gasteiger partial charge in [-0.05, 0) is 56.7 Å². The van der Waals surface area contributed by atoms with Gasteiger partial charge in [0.2, 0.25) is 5.91 Å². The fraction of sp³-hybridized carbons (Fsp3) is 0.611. The summed E-state index contributed by atoms with van der Waals surface area (Å²) in [6.45, 7) is 9.02. The van der Waals surface area contributed by atoms with Crippen molar-refractivity contribution in [2.45, 2.75) is 59.0 Å². The zero-order valence-corrected chi connectivity index (χ0v) is 15.0. The molecule has 124 valence electrons. The molecule has 1 aliphatic heterocycles. The van der Waals surface area contributed by atoms with Crippen molar-refractivity contribution in [3.8, 4) is 0 Å². The highest BCUT2D eigenvalue weighted by Crippen LogP contribution is 2.34. The highest BCUT2D eigenvalue weighted by molar-refractivity contribution is 5.85. The van der Waals surface area contributed by atoms with Gasteiger partial charge in [-0.15, -0.1) is 12.4 Å². The molecule has 0 spiro atoms. The van der Waals surface area contributed by atoms with Crippen molar-refractivity contribution in [2.24, 2.45) is 11.7 Å². The number of hydrogen-bond acceptors (Lipinski definition) is 2. The van der Waals surface area contributed by atoms with Gasteiger partial charge in [0.25, 0.3) is 0 Å². The lowest BCUT2D eigenvalue weighted by molar-refractivity contribution is -0.139. The van der Waals surface area contributed by atoms with Crippen LogP contribution in [0.5, 0.6) is 0 Å². The number of carbonyl (C=O) groups excluding carboxylic acids is 1. The van der Waals surface area contributed by atoms with Crippen LogP contribution >= 0.6 is 12.4 Å². The number of aryl methyl sites for hydroxylation is 1. The van der Waals surface area contributed by atoms with Gasteiger partial charge in [-0.25, -0.2) is 0 Å². The molecule has 22 heavy (non-hydrogen) atoms.